The van der Waals surface area contributed by atoms with Crippen LogP contribution in [0.2, 0.25) is 0 Å². The summed E-state index contributed by atoms with van der Waals surface area (Å²) >= 11 is 3.28. The number of fused-ring (bicyclic) bond motifs is 2. The van der Waals surface area contributed by atoms with Crippen molar-refractivity contribution in [2.45, 2.75) is 6.54 Å². The van der Waals surface area contributed by atoms with E-state index < -0.39 is 0 Å². The van der Waals surface area contributed by atoms with E-state index in [4.69, 9.17) is 0 Å². The van der Waals surface area contributed by atoms with Gasteiger partial charge in [-0.15, -0.1) is 22.7 Å². The van der Waals surface area contributed by atoms with Gasteiger partial charge in [0.15, 0.2) is 0 Å². The lowest BCUT2D eigenvalue weighted by Crippen LogP contribution is -2.34. The highest BCUT2D eigenvalue weighted by Crippen LogP contribution is 2.32. The molecule has 1 aliphatic heterocycles. The number of carbonyl (C=O) groups is 1. The van der Waals surface area contributed by atoms with Crippen LogP contribution in [0.15, 0.2) is 41.8 Å². The van der Waals surface area contributed by atoms with Crippen LogP contribution in [0.1, 0.15) is 15.2 Å². The summed E-state index contributed by atoms with van der Waals surface area (Å²) in [6.45, 7) is 2.35. The maximum Gasteiger partial charge on any atom is 0.268 e. The summed E-state index contributed by atoms with van der Waals surface area (Å²) in [7, 11) is 0. The Hall–Kier alpha value is -1.69. The van der Waals surface area contributed by atoms with E-state index in [2.05, 4.69) is 22.8 Å². The molecule has 1 aliphatic rings. The molecule has 0 saturated carbocycles. The van der Waals surface area contributed by atoms with Crippen LogP contribution in [-0.4, -0.2) is 19.0 Å². The van der Waals surface area contributed by atoms with Crippen molar-refractivity contribution < 1.29 is 4.79 Å². The van der Waals surface area contributed by atoms with E-state index in [0.717, 1.165) is 23.7 Å². The highest BCUT2D eigenvalue weighted by atomic mass is 32.1. The van der Waals surface area contributed by atoms with Gasteiger partial charge in [0.25, 0.3) is 5.91 Å². The van der Waals surface area contributed by atoms with E-state index in [1.54, 1.807) is 22.7 Å². The Kier molecular flexibility index (Phi) is 3.25. The lowest BCUT2D eigenvalue weighted by molar-refractivity contribution is 0.0991. The number of anilines is 1. The molecule has 1 amide bonds. The SMILES string of the molecule is O=C(c1cc2sccc2s1)N1CCNCc2ccccc21. The number of benzene rings is 1. The van der Waals surface area contributed by atoms with E-state index in [1.165, 1.54) is 15.0 Å². The number of thiophene rings is 2. The van der Waals surface area contributed by atoms with Crippen molar-refractivity contribution in [3.05, 3.63) is 52.2 Å². The van der Waals surface area contributed by atoms with E-state index >= 15 is 0 Å². The molecule has 3 heterocycles. The summed E-state index contributed by atoms with van der Waals surface area (Å²) in [5.74, 6) is 0.111. The van der Waals surface area contributed by atoms with Crippen LogP contribution in [0.5, 0.6) is 0 Å². The fourth-order valence-corrected chi connectivity index (χ4v) is 4.73. The second-order valence-corrected chi connectivity index (χ2v) is 7.05. The number of nitrogens with zero attached hydrogens (tertiary/aromatic N) is 1. The average molecular weight is 314 g/mol. The number of amides is 1. The van der Waals surface area contributed by atoms with Crippen LogP contribution in [0.3, 0.4) is 0 Å². The maximum atomic E-state index is 12.9. The molecule has 3 nitrogen and oxygen atoms in total. The first-order chi connectivity index (χ1) is 10.3. The molecule has 0 atom stereocenters. The minimum atomic E-state index is 0.111. The molecule has 106 valence electrons. The first-order valence-electron chi connectivity index (χ1n) is 6.90. The molecule has 1 aromatic carbocycles. The standard InChI is InChI=1S/C16H14N2OS2/c19-16(15-9-14-13(21-15)5-8-20-14)18-7-6-17-10-11-3-1-2-4-12(11)18/h1-5,8-9,17H,6-7,10H2. The number of para-hydroxylation sites is 1. The van der Waals surface area contributed by atoms with Gasteiger partial charge in [-0.1, -0.05) is 18.2 Å². The third kappa shape index (κ3) is 2.27. The van der Waals surface area contributed by atoms with Crippen molar-refractivity contribution in [1.29, 1.82) is 0 Å². The summed E-state index contributed by atoms with van der Waals surface area (Å²) < 4.78 is 2.40. The zero-order valence-electron chi connectivity index (χ0n) is 11.3. The van der Waals surface area contributed by atoms with Gasteiger partial charge in [-0.3, -0.25) is 4.79 Å². The van der Waals surface area contributed by atoms with Crippen molar-refractivity contribution >= 4 is 43.7 Å². The van der Waals surface area contributed by atoms with E-state index in [9.17, 15) is 4.79 Å². The first kappa shape index (κ1) is 13.0. The monoisotopic (exact) mass is 314 g/mol. The molecule has 0 aliphatic carbocycles. The molecule has 0 radical (unpaired) electrons. The Morgan fingerprint density at radius 3 is 3.00 bits per heavy atom. The van der Waals surface area contributed by atoms with E-state index in [1.807, 2.05) is 29.2 Å². The van der Waals surface area contributed by atoms with Gasteiger partial charge >= 0.3 is 0 Å². The third-order valence-corrected chi connectivity index (χ3v) is 5.79. The van der Waals surface area contributed by atoms with Crippen LogP contribution < -0.4 is 10.2 Å². The molecule has 21 heavy (non-hydrogen) atoms. The number of hydrogen-bond donors (Lipinski definition) is 1. The van der Waals surface area contributed by atoms with Crippen LogP contribution in [0.25, 0.3) is 9.40 Å². The van der Waals surface area contributed by atoms with Gasteiger partial charge in [0.2, 0.25) is 0 Å². The van der Waals surface area contributed by atoms with E-state index in [-0.39, 0.29) is 5.91 Å². The van der Waals surface area contributed by atoms with Crippen molar-refractivity contribution in [2.75, 3.05) is 18.0 Å². The Morgan fingerprint density at radius 2 is 2.10 bits per heavy atom. The van der Waals surface area contributed by atoms with Crippen molar-refractivity contribution in [3.8, 4) is 0 Å². The van der Waals surface area contributed by atoms with Crippen molar-refractivity contribution in [2.24, 2.45) is 0 Å². The molecular weight excluding hydrogens is 300 g/mol. The van der Waals surface area contributed by atoms with Gasteiger partial charge < -0.3 is 10.2 Å². The normalized spacial score (nSPS) is 15.0. The summed E-state index contributed by atoms with van der Waals surface area (Å²) in [5.41, 5.74) is 2.21. The molecular formula is C16H14N2OS2. The minimum Gasteiger partial charge on any atom is -0.311 e. The third-order valence-electron chi connectivity index (χ3n) is 3.71. The molecule has 0 spiro atoms. The molecule has 1 N–H and O–H groups in total. The predicted molar refractivity (Wildman–Crippen MR) is 89.5 cm³/mol. The van der Waals surface area contributed by atoms with Gasteiger partial charge in [-0.2, -0.15) is 0 Å². The summed E-state index contributed by atoms with van der Waals surface area (Å²) in [4.78, 5) is 15.6. The molecule has 2 aromatic heterocycles. The molecule has 5 heteroatoms. The fraction of sp³-hybridized carbons (Fsp3) is 0.188. The van der Waals surface area contributed by atoms with Gasteiger partial charge in [-0.25, -0.2) is 0 Å². The van der Waals surface area contributed by atoms with Crippen LogP contribution >= 0.6 is 22.7 Å². The molecule has 3 aromatic rings. The lowest BCUT2D eigenvalue weighted by Gasteiger charge is -2.21. The van der Waals surface area contributed by atoms with Gasteiger partial charge in [0.05, 0.1) is 4.88 Å². The largest absolute Gasteiger partial charge is 0.311 e. The topological polar surface area (TPSA) is 32.3 Å². The average Bonchev–Trinajstić information content (AvgIpc) is 3.02. The second kappa shape index (κ2) is 5.26. The molecule has 0 bridgehead atoms. The zero-order chi connectivity index (χ0) is 14.2. The molecule has 0 unspecified atom stereocenters. The predicted octanol–water partition coefficient (Wildman–Crippen LogP) is 3.71. The minimum absolute atomic E-state index is 0.111. The summed E-state index contributed by atoms with van der Waals surface area (Å²) in [6, 6.07) is 12.2. The van der Waals surface area contributed by atoms with Crippen LogP contribution in [-0.2, 0) is 6.54 Å². The Labute approximate surface area is 130 Å². The molecule has 0 fully saturated rings. The maximum absolute atomic E-state index is 12.9. The number of carbonyl (C=O) groups excluding carboxylic acids is 1. The van der Waals surface area contributed by atoms with Crippen LogP contribution in [0.4, 0.5) is 5.69 Å². The number of nitrogens with one attached hydrogen (secondary N) is 1. The van der Waals surface area contributed by atoms with E-state index in [0.29, 0.717) is 6.54 Å². The fourth-order valence-electron chi connectivity index (χ4n) is 2.67. The van der Waals surface area contributed by atoms with Crippen molar-refractivity contribution in [1.82, 2.24) is 5.32 Å². The highest BCUT2D eigenvalue weighted by Gasteiger charge is 2.23. The molecule has 4 rings (SSSR count). The Morgan fingerprint density at radius 1 is 1.19 bits per heavy atom. The zero-order valence-corrected chi connectivity index (χ0v) is 13.0. The number of hydrogen-bond acceptors (Lipinski definition) is 4. The van der Waals surface area contributed by atoms with Crippen LogP contribution in [0, 0.1) is 0 Å². The van der Waals surface area contributed by atoms with Crippen molar-refractivity contribution in [3.63, 3.8) is 0 Å². The highest BCUT2D eigenvalue weighted by molar-refractivity contribution is 7.27. The lowest BCUT2D eigenvalue weighted by atomic mass is 10.1. The second-order valence-electron chi connectivity index (χ2n) is 5.02. The quantitative estimate of drug-likeness (QED) is 0.742. The first-order valence-corrected chi connectivity index (χ1v) is 8.60. The Balaban J connectivity index is 1.75. The Bertz CT molecular complexity index is 777. The summed E-state index contributed by atoms with van der Waals surface area (Å²) in [5, 5.41) is 5.44. The van der Waals surface area contributed by atoms with Gasteiger partial charge in [-0.05, 0) is 29.1 Å². The van der Waals surface area contributed by atoms with Gasteiger partial charge in [0, 0.05) is 34.7 Å². The molecule has 0 saturated heterocycles. The van der Waals surface area contributed by atoms with Gasteiger partial charge in [0.1, 0.15) is 0 Å². The number of rotatable bonds is 1. The smallest absolute Gasteiger partial charge is 0.268 e. The summed E-state index contributed by atoms with van der Waals surface area (Å²) in [6.07, 6.45) is 0.